The van der Waals surface area contributed by atoms with Crippen molar-refractivity contribution in [2.24, 2.45) is 17.3 Å². The second-order valence-electron chi connectivity index (χ2n) is 12.4. The topological polar surface area (TPSA) is 141 Å². The molecule has 0 heterocycles. The monoisotopic (exact) mass is 556 g/mol. The van der Waals surface area contributed by atoms with Crippen molar-refractivity contribution < 1.29 is 39.5 Å². The molecule has 212 valence electrons. The third-order valence-electron chi connectivity index (χ3n) is 9.84. The minimum absolute atomic E-state index is 0.0227. The number of rotatable bonds is 3. The van der Waals surface area contributed by atoms with Crippen LogP contribution in [0.25, 0.3) is 27.3 Å². The van der Waals surface area contributed by atoms with E-state index in [1.54, 1.807) is 40.9 Å². The molecule has 0 bridgehead atoms. The largest absolute Gasteiger partial charge is 0.508 e. The van der Waals surface area contributed by atoms with Crippen LogP contribution in [0.1, 0.15) is 52.2 Å². The van der Waals surface area contributed by atoms with Gasteiger partial charge in [0.25, 0.3) is 0 Å². The van der Waals surface area contributed by atoms with E-state index >= 15 is 0 Å². The van der Waals surface area contributed by atoms with Crippen molar-refractivity contribution in [2.45, 2.75) is 52.1 Å². The summed E-state index contributed by atoms with van der Waals surface area (Å²) in [4.78, 5) is 40.9. The lowest BCUT2D eigenvalue weighted by atomic mass is 9.43. The molecule has 0 saturated heterocycles. The Morgan fingerprint density at radius 3 is 2.29 bits per heavy atom. The Morgan fingerprint density at radius 2 is 1.68 bits per heavy atom. The van der Waals surface area contributed by atoms with Gasteiger partial charge in [0, 0.05) is 22.1 Å². The quantitative estimate of drug-likeness (QED) is 0.254. The summed E-state index contributed by atoms with van der Waals surface area (Å²) >= 11 is 0. The van der Waals surface area contributed by atoms with Crippen LogP contribution < -0.4 is 4.74 Å². The van der Waals surface area contributed by atoms with Crippen LogP contribution in [0.4, 0.5) is 0 Å². The zero-order valence-electron chi connectivity index (χ0n) is 23.7. The van der Waals surface area contributed by atoms with E-state index in [4.69, 9.17) is 4.74 Å². The number of phenols is 1. The number of hydrogen-bond donors (Lipinski definition) is 4. The lowest BCUT2D eigenvalue weighted by Crippen LogP contribution is -2.69. The van der Waals surface area contributed by atoms with Crippen molar-refractivity contribution in [2.75, 3.05) is 7.11 Å². The smallest absolute Gasteiger partial charge is 0.203 e. The Bertz CT molecular complexity index is 1830. The maximum Gasteiger partial charge on any atom is 0.203 e. The summed E-state index contributed by atoms with van der Waals surface area (Å²) in [6, 6.07) is 10.6. The maximum atomic E-state index is 14.6. The van der Waals surface area contributed by atoms with Crippen molar-refractivity contribution in [3.05, 3.63) is 64.4 Å². The molecule has 0 aromatic heterocycles. The zero-order valence-corrected chi connectivity index (χ0v) is 23.7. The number of hydrogen-bond acceptors (Lipinski definition) is 8. The van der Waals surface area contributed by atoms with Crippen molar-refractivity contribution >= 4 is 44.7 Å². The minimum Gasteiger partial charge on any atom is -0.508 e. The van der Waals surface area contributed by atoms with Gasteiger partial charge in [-0.2, -0.15) is 0 Å². The van der Waals surface area contributed by atoms with Gasteiger partial charge < -0.3 is 25.2 Å². The molecule has 4 N–H and O–H groups in total. The van der Waals surface area contributed by atoms with E-state index in [2.05, 4.69) is 0 Å². The summed E-state index contributed by atoms with van der Waals surface area (Å²) in [7, 11) is 1.56. The molecule has 4 atom stereocenters. The number of ketones is 3. The third-order valence-corrected chi connectivity index (χ3v) is 9.84. The molecule has 1 saturated carbocycles. The number of allylic oxidation sites excluding steroid dienone is 1. The summed E-state index contributed by atoms with van der Waals surface area (Å²) < 4.78 is 5.45. The number of carbonyl (C=O) groups is 3. The normalized spacial score (nSPS) is 29.3. The Balaban J connectivity index is 1.78. The van der Waals surface area contributed by atoms with Gasteiger partial charge in [-0.05, 0) is 65.3 Å². The highest BCUT2D eigenvalue weighted by molar-refractivity contribution is 6.26. The molecule has 6 rings (SSSR count). The van der Waals surface area contributed by atoms with Gasteiger partial charge in [0.15, 0.2) is 17.2 Å². The lowest BCUT2D eigenvalue weighted by molar-refractivity contribution is -0.175. The van der Waals surface area contributed by atoms with Crippen molar-refractivity contribution in [1.82, 2.24) is 0 Å². The molecular formula is C33H32O8. The molecule has 3 aromatic rings. The fraction of sp³-hybridized carbons (Fsp3) is 0.364. The molecule has 0 aliphatic heterocycles. The van der Waals surface area contributed by atoms with Crippen LogP contribution in [0.3, 0.4) is 0 Å². The van der Waals surface area contributed by atoms with Gasteiger partial charge in [0.2, 0.25) is 5.78 Å². The van der Waals surface area contributed by atoms with Crippen LogP contribution in [0.2, 0.25) is 0 Å². The third kappa shape index (κ3) is 3.00. The molecule has 1 unspecified atom stereocenters. The number of phenolic OH excluding ortho intramolecular Hbond substituents is 1. The number of carbonyl (C=O) groups excluding carboxylic acids is 3. The first-order chi connectivity index (χ1) is 19.1. The maximum absolute atomic E-state index is 14.6. The highest BCUT2D eigenvalue weighted by Gasteiger charge is 2.72. The summed E-state index contributed by atoms with van der Waals surface area (Å²) in [5.74, 6) is -4.91. The van der Waals surface area contributed by atoms with Crippen LogP contribution >= 0.6 is 0 Å². The van der Waals surface area contributed by atoms with Crippen LogP contribution in [0, 0.1) is 17.3 Å². The first-order valence-corrected chi connectivity index (χ1v) is 13.6. The number of methoxy groups -OCH3 is 1. The number of aliphatic hydroxyl groups is 3. The van der Waals surface area contributed by atoms with Crippen LogP contribution in [0.15, 0.2) is 53.3 Å². The summed E-state index contributed by atoms with van der Waals surface area (Å²) in [5, 5.41) is 49.3. The number of ether oxygens (including phenoxy) is 1. The second-order valence-corrected chi connectivity index (χ2v) is 12.4. The Labute approximate surface area is 236 Å². The summed E-state index contributed by atoms with van der Waals surface area (Å²) in [6.07, 6.45) is -0.0227. The van der Waals surface area contributed by atoms with Gasteiger partial charge in [0.1, 0.15) is 28.6 Å². The van der Waals surface area contributed by atoms with Crippen molar-refractivity contribution in [3.63, 3.8) is 0 Å². The van der Waals surface area contributed by atoms with Gasteiger partial charge in [-0.3, -0.25) is 14.4 Å². The average molecular weight is 557 g/mol. The predicted molar refractivity (Wildman–Crippen MR) is 153 cm³/mol. The molecule has 8 nitrogen and oxygen atoms in total. The van der Waals surface area contributed by atoms with E-state index in [1.807, 2.05) is 24.3 Å². The van der Waals surface area contributed by atoms with Gasteiger partial charge >= 0.3 is 0 Å². The molecule has 8 heteroatoms. The Kier molecular flexibility index (Phi) is 5.40. The summed E-state index contributed by atoms with van der Waals surface area (Å²) in [5.41, 5.74) is -5.59. The van der Waals surface area contributed by atoms with Crippen LogP contribution in [-0.4, -0.2) is 50.5 Å². The molecule has 3 aliphatic carbocycles. The van der Waals surface area contributed by atoms with E-state index in [0.717, 1.165) is 23.1 Å². The van der Waals surface area contributed by atoms with E-state index in [1.165, 1.54) is 6.07 Å². The molecular weight excluding hydrogens is 524 g/mol. The number of benzene rings is 3. The Hall–Kier alpha value is -4.17. The highest BCUT2D eigenvalue weighted by atomic mass is 16.5. The van der Waals surface area contributed by atoms with Gasteiger partial charge in [-0.1, -0.05) is 39.8 Å². The van der Waals surface area contributed by atoms with Gasteiger partial charge in [-0.15, -0.1) is 0 Å². The van der Waals surface area contributed by atoms with Crippen LogP contribution in [-0.2, 0) is 19.8 Å². The first-order valence-electron chi connectivity index (χ1n) is 13.6. The fourth-order valence-corrected chi connectivity index (χ4v) is 8.23. The number of aliphatic hydroxyl groups excluding tert-OH is 2. The summed E-state index contributed by atoms with van der Waals surface area (Å²) in [6.45, 7) is 8.03. The average Bonchev–Trinajstić information content (AvgIpc) is 2.89. The number of Topliss-reactive ketones (excluding diaryl/α,β-unsaturated/α-hetero) is 3. The van der Waals surface area contributed by atoms with Crippen LogP contribution in [0.5, 0.6) is 11.5 Å². The van der Waals surface area contributed by atoms with Gasteiger partial charge in [0.05, 0.1) is 18.2 Å². The minimum atomic E-state index is -2.67. The van der Waals surface area contributed by atoms with E-state index in [0.29, 0.717) is 16.7 Å². The molecule has 0 radical (unpaired) electrons. The van der Waals surface area contributed by atoms with Gasteiger partial charge in [-0.25, -0.2) is 0 Å². The molecule has 1 fully saturated rings. The van der Waals surface area contributed by atoms with E-state index < -0.39 is 62.7 Å². The zero-order chi connectivity index (χ0) is 30.0. The molecule has 3 aromatic carbocycles. The molecule has 3 aliphatic rings. The van der Waals surface area contributed by atoms with Crippen molar-refractivity contribution in [3.8, 4) is 11.5 Å². The number of aromatic hydroxyl groups is 1. The Morgan fingerprint density at radius 1 is 1.02 bits per heavy atom. The van der Waals surface area contributed by atoms with E-state index in [-0.39, 0.29) is 23.3 Å². The SMILES string of the molecule is COc1ccc2c(c1)cc1c3c(c(O)ccc32)C(O)=C2C(=O)[C@@]3(O)C(O)=C(C(C)=O)C(=O)C(C(C)C)[C@@]3(C)C[C@]21C. The predicted octanol–water partition coefficient (Wildman–Crippen LogP) is 5.21. The van der Waals surface area contributed by atoms with Crippen molar-refractivity contribution in [1.29, 1.82) is 0 Å². The standard InChI is InChI=1S/C33H32O8/c1-14(2)25-27(36)22(15(3)34)29(38)33(40)30(39)26-28(37)24-21(35)10-9-19-18-8-7-17(41-6)11-16(18)12-20(23(19)24)31(26,4)13-32(25,33)5/h7-12,14,25,35,37-38,40H,13H2,1-6H3/t25?,31-,32+,33-/m0/s1. The second kappa shape index (κ2) is 8.19. The molecule has 41 heavy (non-hydrogen) atoms. The lowest BCUT2D eigenvalue weighted by Gasteiger charge is -2.59. The van der Waals surface area contributed by atoms with E-state index in [9.17, 15) is 34.8 Å². The fourth-order valence-electron chi connectivity index (χ4n) is 8.23. The first kappa shape index (κ1) is 27.0. The number of fused-ring (bicyclic) bond motifs is 5. The molecule has 0 amide bonds. The highest BCUT2D eigenvalue weighted by Crippen LogP contribution is 2.65. The molecule has 0 spiro atoms.